The predicted octanol–water partition coefficient (Wildman–Crippen LogP) is 4.26. The molecular formula is C23H20BrN7O. The number of hydrogen-bond acceptors (Lipinski definition) is 8. The number of rotatable bonds is 4. The Hall–Kier alpha value is -3.85. The van der Waals surface area contributed by atoms with Crippen molar-refractivity contribution < 1.29 is 4.74 Å². The SMILES string of the molecule is COc1ccc(Br)cc1C1=NN[C@H]2N=C(Nc3ccccc3)N=C(Nc3ccccc3)N12. The molecule has 0 saturated carbocycles. The van der Waals surface area contributed by atoms with Crippen molar-refractivity contribution in [2.45, 2.75) is 6.29 Å². The van der Waals surface area contributed by atoms with E-state index in [1.807, 2.05) is 83.8 Å². The van der Waals surface area contributed by atoms with E-state index in [2.05, 4.69) is 37.1 Å². The fourth-order valence-electron chi connectivity index (χ4n) is 3.44. The maximum atomic E-state index is 5.58. The highest BCUT2D eigenvalue weighted by Crippen LogP contribution is 2.28. The van der Waals surface area contributed by atoms with Crippen LogP contribution in [0.1, 0.15) is 5.56 Å². The highest BCUT2D eigenvalue weighted by Gasteiger charge is 2.37. The van der Waals surface area contributed by atoms with Gasteiger partial charge in [-0.05, 0) is 42.5 Å². The number of fused-ring (bicyclic) bond motifs is 1. The zero-order chi connectivity index (χ0) is 21.9. The molecule has 9 heteroatoms. The van der Waals surface area contributed by atoms with Crippen LogP contribution in [0, 0.1) is 0 Å². The summed E-state index contributed by atoms with van der Waals surface area (Å²) in [5, 5.41) is 11.2. The van der Waals surface area contributed by atoms with Gasteiger partial charge in [-0.3, -0.25) is 10.3 Å². The minimum atomic E-state index is -0.469. The van der Waals surface area contributed by atoms with Crippen molar-refractivity contribution in [1.29, 1.82) is 0 Å². The number of amidine groups is 1. The molecule has 0 bridgehead atoms. The zero-order valence-corrected chi connectivity index (χ0v) is 18.7. The van der Waals surface area contributed by atoms with Crippen molar-refractivity contribution in [2.75, 3.05) is 17.7 Å². The maximum Gasteiger partial charge on any atom is 0.229 e. The van der Waals surface area contributed by atoms with Crippen LogP contribution in [0.25, 0.3) is 0 Å². The van der Waals surface area contributed by atoms with Crippen molar-refractivity contribution in [3.63, 3.8) is 0 Å². The third kappa shape index (κ3) is 4.02. The Kier molecular flexibility index (Phi) is 5.47. The summed E-state index contributed by atoms with van der Waals surface area (Å²) in [4.78, 5) is 11.4. The summed E-state index contributed by atoms with van der Waals surface area (Å²) in [5.74, 6) is 2.41. The van der Waals surface area contributed by atoms with Crippen LogP contribution in [0.15, 0.2) is 98.4 Å². The van der Waals surface area contributed by atoms with Crippen LogP contribution >= 0.6 is 15.9 Å². The van der Waals surface area contributed by atoms with Gasteiger partial charge < -0.3 is 15.4 Å². The number of aliphatic imine (C=N–C) groups is 2. The molecule has 3 aromatic carbocycles. The van der Waals surface area contributed by atoms with Gasteiger partial charge in [0.15, 0.2) is 5.84 Å². The topological polar surface area (TPSA) is 85.6 Å². The van der Waals surface area contributed by atoms with Crippen molar-refractivity contribution >= 4 is 45.1 Å². The first-order valence-corrected chi connectivity index (χ1v) is 10.8. The van der Waals surface area contributed by atoms with Gasteiger partial charge in [-0.25, -0.2) is 4.99 Å². The number of anilines is 2. The number of guanidine groups is 2. The number of halogens is 1. The second-order valence-electron chi connectivity index (χ2n) is 7.02. The van der Waals surface area contributed by atoms with Crippen LogP contribution in [0.3, 0.4) is 0 Å². The smallest absolute Gasteiger partial charge is 0.229 e. The van der Waals surface area contributed by atoms with Crippen LogP contribution in [0.2, 0.25) is 0 Å². The molecule has 2 aliphatic rings. The molecule has 0 fully saturated rings. The Balaban J connectivity index is 1.53. The Labute approximate surface area is 193 Å². The highest BCUT2D eigenvalue weighted by molar-refractivity contribution is 9.10. The predicted molar refractivity (Wildman–Crippen MR) is 131 cm³/mol. The number of para-hydroxylation sites is 2. The first-order valence-electron chi connectivity index (χ1n) is 9.98. The van der Waals surface area contributed by atoms with Gasteiger partial charge in [0.05, 0.1) is 12.7 Å². The molecule has 0 aliphatic carbocycles. The number of hydrogen-bond donors (Lipinski definition) is 3. The third-order valence-corrected chi connectivity index (χ3v) is 5.40. The van der Waals surface area contributed by atoms with Crippen molar-refractivity contribution in [3.05, 3.63) is 88.9 Å². The summed E-state index contributed by atoms with van der Waals surface area (Å²) in [6.07, 6.45) is -0.469. The lowest BCUT2D eigenvalue weighted by Crippen LogP contribution is -2.50. The van der Waals surface area contributed by atoms with E-state index < -0.39 is 6.29 Å². The average Bonchev–Trinajstić information content (AvgIpc) is 3.24. The van der Waals surface area contributed by atoms with Gasteiger partial charge in [0.1, 0.15) is 5.75 Å². The molecule has 0 radical (unpaired) electrons. The van der Waals surface area contributed by atoms with E-state index in [4.69, 9.17) is 14.7 Å². The van der Waals surface area contributed by atoms with Crippen LogP contribution in [-0.2, 0) is 0 Å². The van der Waals surface area contributed by atoms with Crippen LogP contribution < -0.4 is 20.8 Å². The highest BCUT2D eigenvalue weighted by atomic mass is 79.9. The lowest BCUT2D eigenvalue weighted by molar-refractivity contribution is 0.406. The molecule has 1 atom stereocenters. The Morgan fingerprint density at radius 3 is 2.31 bits per heavy atom. The molecule has 2 aliphatic heterocycles. The van der Waals surface area contributed by atoms with E-state index in [0.717, 1.165) is 21.4 Å². The lowest BCUT2D eigenvalue weighted by Gasteiger charge is -2.30. The van der Waals surface area contributed by atoms with Crippen LogP contribution in [-0.4, -0.2) is 36.1 Å². The zero-order valence-electron chi connectivity index (χ0n) is 17.2. The van der Waals surface area contributed by atoms with E-state index in [-0.39, 0.29) is 0 Å². The molecule has 0 amide bonds. The number of ether oxygens (including phenoxy) is 1. The minimum absolute atomic E-state index is 0.469. The standard InChI is InChI=1S/C23H20BrN7O/c1-32-19-13-12-15(24)14-18(19)20-29-30-23-28-21(25-16-8-4-2-5-9-16)27-22(31(20)23)26-17-10-6-3-7-11-17/h2-14,23,30H,1H3,(H2,25,26,27,28)/t23-/m1/s1. The van der Waals surface area contributed by atoms with Gasteiger partial charge in [0, 0.05) is 15.8 Å². The van der Waals surface area contributed by atoms with Crippen molar-refractivity contribution in [2.24, 2.45) is 15.1 Å². The Morgan fingerprint density at radius 1 is 0.938 bits per heavy atom. The average molecular weight is 490 g/mol. The van der Waals surface area contributed by atoms with E-state index in [9.17, 15) is 0 Å². The summed E-state index contributed by atoms with van der Waals surface area (Å²) in [6.45, 7) is 0. The molecule has 2 heterocycles. The van der Waals surface area contributed by atoms with Crippen molar-refractivity contribution in [3.8, 4) is 5.75 Å². The van der Waals surface area contributed by atoms with Gasteiger partial charge in [-0.2, -0.15) is 10.1 Å². The molecule has 8 nitrogen and oxygen atoms in total. The van der Waals surface area contributed by atoms with Gasteiger partial charge in [0.25, 0.3) is 0 Å². The second-order valence-corrected chi connectivity index (χ2v) is 7.94. The summed E-state index contributed by atoms with van der Waals surface area (Å²) < 4.78 is 6.50. The number of methoxy groups -OCH3 is 1. The minimum Gasteiger partial charge on any atom is -0.496 e. The molecule has 3 N–H and O–H groups in total. The van der Waals surface area contributed by atoms with E-state index in [1.54, 1.807) is 7.11 Å². The van der Waals surface area contributed by atoms with Crippen LogP contribution in [0.5, 0.6) is 5.75 Å². The molecule has 0 aromatic heterocycles. The molecule has 32 heavy (non-hydrogen) atoms. The molecule has 0 spiro atoms. The fraction of sp³-hybridized carbons (Fsp3) is 0.0870. The number of benzene rings is 3. The van der Waals surface area contributed by atoms with Gasteiger partial charge >= 0.3 is 0 Å². The number of hydrazone groups is 1. The second kappa shape index (κ2) is 8.72. The van der Waals surface area contributed by atoms with Crippen LogP contribution in [0.4, 0.5) is 11.4 Å². The number of nitrogens with zero attached hydrogens (tertiary/aromatic N) is 4. The summed E-state index contributed by atoms with van der Waals surface area (Å²) in [6, 6.07) is 25.5. The van der Waals surface area contributed by atoms with Gasteiger partial charge in [-0.15, -0.1) is 0 Å². The fourth-order valence-corrected chi connectivity index (χ4v) is 3.80. The van der Waals surface area contributed by atoms with E-state index >= 15 is 0 Å². The first-order chi connectivity index (χ1) is 15.7. The molecule has 0 saturated heterocycles. The Bertz CT molecular complexity index is 1210. The quantitative estimate of drug-likeness (QED) is 0.509. The van der Waals surface area contributed by atoms with E-state index in [0.29, 0.717) is 23.5 Å². The maximum absolute atomic E-state index is 5.58. The van der Waals surface area contributed by atoms with Gasteiger partial charge in [-0.1, -0.05) is 52.3 Å². The molecule has 160 valence electrons. The molecular weight excluding hydrogens is 470 g/mol. The summed E-state index contributed by atoms with van der Waals surface area (Å²) in [7, 11) is 1.64. The molecule has 0 unspecified atom stereocenters. The molecule has 5 rings (SSSR count). The number of nitrogens with one attached hydrogen (secondary N) is 3. The lowest BCUT2D eigenvalue weighted by atomic mass is 10.1. The largest absolute Gasteiger partial charge is 0.496 e. The van der Waals surface area contributed by atoms with E-state index in [1.165, 1.54) is 0 Å². The monoisotopic (exact) mass is 489 g/mol. The first kappa shape index (κ1) is 20.1. The normalized spacial score (nSPS) is 16.9. The van der Waals surface area contributed by atoms with Gasteiger partial charge in [0.2, 0.25) is 18.2 Å². The summed E-state index contributed by atoms with van der Waals surface area (Å²) in [5.41, 5.74) is 5.72. The van der Waals surface area contributed by atoms with Crippen molar-refractivity contribution in [1.82, 2.24) is 10.3 Å². The molecule has 3 aromatic rings. The summed E-state index contributed by atoms with van der Waals surface area (Å²) >= 11 is 3.54. The Morgan fingerprint density at radius 2 is 1.62 bits per heavy atom. The third-order valence-electron chi connectivity index (χ3n) is 4.91.